The number of aryl methyl sites for hydroxylation is 3. The molecule has 0 spiro atoms. The standard InChI is InChI=1S/C25H27N7O5S/c1-15-5-4-6-18(11-15)20-12-22(33)32(28-20)25-26-21-14-31(38(34,35)23-16(2)29-37-17(23)3)13-19(21)24(27-25)30-7-9-36-10-8-30/h4-6,11-12,33H,7-10,13-14H2,1-3H3. The Labute approximate surface area is 219 Å². The van der Waals surface area contributed by atoms with Crippen molar-refractivity contribution in [2.24, 2.45) is 0 Å². The molecule has 13 heteroatoms. The average Bonchev–Trinajstić information content (AvgIpc) is 3.60. The van der Waals surface area contributed by atoms with E-state index in [1.54, 1.807) is 19.9 Å². The number of hydrogen-bond donors (Lipinski definition) is 1. The fourth-order valence-corrected chi connectivity index (χ4v) is 6.59. The van der Waals surface area contributed by atoms with Gasteiger partial charge < -0.3 is 19.3 Å². The Morgan fingerprint density at radius 2 is 1.82 bits per heavy atom. The fourth-order valence-electron chi connectivity index (χ4n) is 4.93. The van der Waals surface area contributed by atoms with Crippen LogP contribution in [0.25, 0.3) is 17.2 Å². The smallest absolute Gasteiger partial charge is 0.256 e. The van der Waals surface area contributed by atoms with Crippen molar-refractivity contribution in [1.29, 1.82) is 0 Å². The van der Waals surface area contributed by atoms with Gasteiger partial charge in [-0.2, -0.15) is 19.1 Å². The third-order valence-corrected chi connectivity index (χ3v) is 8.83. The largest absolute Gasteiger partial charge is 0.493 e. The molecular weight excluding hydrogens is 510 g/mol. The molecule has 1 N–H and O–H groups in total. The molecule has 1 aromatic carbocycles. The summed E-state index contributed by atoms with van der Waals surface area (Å²) >= 11 is 0. The highest BCUT2D eigenvalue weighted by Crippen LogP contribution is 2.36. The summed E-state index contributed by atoms with van der Waals surface area (Å²) in [5.41, 5.74) is 4.08. The van der Waals surface area contributed by atoms with Crippen molar-refractivity contribution in [3.8, 4) is 23.1 Å². The molecule has 198 valence electrons. The van der Waals surface area contributed by atoms with Gasteiger partial charge in [-0.05, 0) is 26.8 Å². The Bertz CT molecular complexity index is 1620. The number of rotatable bonds is 5. The van der Waals surface area contributed by atoms with Gasteiger partial charge in [-0.25, -0.2) is 13.4 Å². The Hall–Kier alpha value is -3.81. The van der Waals surface area contributed by atoms with Gasteiger partial charge in [0.2, 0.25) is 15.9 Å². The van der Waals surface area contributed by atoms with Gasteiger partial charge >= 0.3 is 0 Å². The number of nitrogens with zero attached hydrogens (tertiary/aromatic N) is 7. The first kappa shape index (κ1) is 24.5. The number of sulfonamides is 1. The topological polar surface area (TPSA) is 140 Å². The zero-order valence-corrected chi connectivity index (χ0v) is 22.1. The van der Waals surface area contributed by atoms with Gasteiger partial charge in [-0.3, -0.25) is 0 Å². The van der Waals surface area contributed by atoms with Gasteiger partial charge in [0.1, 0.15) is 16.4 Å². The quantitative estimate of drug-likeness (QED) is 0.404. The van der Waals surface area contributed by atoms with Crippen molar-refractivity contribution < 1.29 is 22.8 Å². The van der Waals surface area contributed by atoms with Crippen LogP contribution in [0, 0.1) is 20.8 Å². The summed E-state index contributed by atoms with van der Waals surface area (Å²) in [6, 6.07) is 9.37. The number of fused-ring (bicyclic) bond motifs is 1. The first-order valence-electron chi connectivity index (χ1n) is 12.2. The molecule has 1 saturated heterocycles. The van der Waals surface area contributed by atoms with Gasteiger partial charge in [-0.1, -0.05) is 28.9 Å². The van der Waals surface area contributed by atoms with E-state index in [1.807, 2.05) is 31.2 Å². The van der Waals surface area contributed by atoms with Crippen LogP contribution in [-0.2, 0) is 27.8 Å². The van der Waals surface area contributed by atoms with E-state index < -0.39 is 10.0 Å². The molecule has 5 heterocycles. The highest BCUT2D eigenvalue weighted by atomic mass is 32.2. The average molecular weight is 538 g/mol. The van der Waals surface area contributed by atoms with Crippen LogP contribution in [0.5, 0.6) is 5.88 Å². The highest BCUT2D eigenvalue weighted by Gasteiger charge is 2.38. The van der Waals surface area contributed by atoms with Gasteiger partial charge in [0, 0.05) is 36.8 Å². The minimum atomic E-state index is -3.90. The number of anilines is 1. The second-order valence-electron chi connectivity index (χ2n) is 9.47. The summed E-state index contributed by atoms with van der Waals surface area (Å²) < 4.78 is 40.4. The molecule has 0 unspecified atom stereocenters. The zero-order chi connectivity index (χ0) is 26.6. The van der Waals surface area contributed by atoms with Crippen LogP contribution in [0.15, 0.2) is 39.8 Å². The molecule has 0 amide bonds. The van der Waals surface area contributed by atoms with Gasteiger partial charge in [-0.15, -0.1) is 0 Å². The zero-order valence-electron chi connectivity index (χ0n) is 21.2. The minimum absolute atomic E-state index is 0.0430. The van der Waals surface area contributed by atoms with Crippen LogP contribution in [0.4, 0.5) is 5.82 Å². The first-order valence-corrected chi connectivity index (χ1v) is 13.7. The predicted molar refractivity (Wildman–Crippen MR) is 136 cm³/mol. The third kappa shape index (κ3) is 4.12. The van der Waals surface area contributed by atoms with Gasteiger partial charge in [0.05, 0.1) is 31.1 Å². The number of aromatic nitrogens is 5. The predicted octanol–water partition coefficient (Wildman–Crippen LogP) is 2.49. The maximum absolute atomic E-state index is 13.6. The molecule has 0 saturated carbocycles. The van der Waals surface area contributed by atoms with E-state index in [1.165, 1.54) is 8.99 Å². The number of benzene rings is 1. The van der Waals surface area contributed by atoms with E-state index in [9.17, 15) is 13.5 Å². The molecule has 0 bridgehead atoms. The molecule has 0 aliphatic carbocycles. The molecular formula is C25H27N7O5S. The van der Waals surface area contributed by atoms with Crippen molar-refractivity contribution in [1.82, 2.24) is 29.2 Å². The highest BCUT2D eigenvalue weighted by molar-refractivity contribution is 7.89. The second-order valence-corrected chi connectivity index (χ2v) is 11.3. The second kappa shape index (κ2) is 9.19. The van der Waals surface area contributed by atoms with Crippen molar-refractivity contribution >= 4 is 15.8 Å². The van der Waals surface area contributed by atoms with E-state index >= 15 is 0 Å². The molecule has 38 heavy (non-hydrogen) atoms. The van der Waals surface area contributed by atoms with E-state index in [0.717, 1.165) is 16.7 Å². The lowest BCUT2D eigenvalue weighted by Gasteiger charge is -2.29. The van der Waals surface area contributed by atoms with E-state index in [2.05, 4.69) is 20.1 Å². The maximum atomic E-state index is 13.6. The molecule has 0 atom stereocenters. The lowest BCUT2D eigenvalue weighted by molar-refractivity contribution is 0.122. The van der Waals surface area contributed by atoms with Crippen molar-refractivity contribution in [3.05, 3.63) is 58.6 Å². The van der Waals surface area contributed by atoms with Crippen LogP contribution in [0.3, 0.4) is 0 Å². The van der Waals surface area contributed by atoms with Crippen LogP contribution in [0.1, 0.15) is 28.3 Å². The summed E-state index contributed by atoms with van der Waals surface area (Å²) in [7, 11) is -3.90. The van der Waals surface area contributed by atoms with Crippen LogP contribution in [0.2, 0.25) is 0 Å². The molecule has 1 fully saturated rings. The molecule has 4 aromatic rings. The number of hydrogen-bond acceptors (Lipinski definition) is 10. The SMILES string of the molecule is Cc1cccc(-c2cc(O)n(-c3nc4c(c(N5CCOCC5)n3)CN(S(=O)(=O)c3c(C)noc3C)C4)n2)c1. The number of aromatic hydroxyl groups is 1. The van der Waals surface area contributed by atoms with E-state index in [0.29, 0.717) is 49.2 Å². The molecule has 0 radical (unpaired) electrons. The van der Waals surface area contributed by atoms with Crippen LogP contribution >= 0.6 is 0 Å². The molecule has 6 rings (SSSR count). The summed E-state index contributed by atoms with van der Waals surface area (Å²) in [4.78, 5) is 11.6. The van der Waals surface area contributed by atoms with E-state index in [-0.39, 0.29) is 35.6 Å². The Morgan fingerprint density at radius 3 is 2.53 bits per heavy atom. The Morgan fingerprint density at radius 1 is 1.03 bits per heavy atom. The van der Waals surface area contributed by atoms with Gasteiger partial charge in [0.15, 0.2) is 5.76 Å². The Balaban J connectivity index is 1.43. The first-order chi connectivity index (χ1) is 18.2. The van der Waals surface area contributed by atoms with Gasteiger partial charge in [0.25, 0.3) is 5.95 Å². The normalized spacial score (nSPS) is 16.2. The van der Waals surface area contributed by atoms with E-state index in [4.69, 9.17) is 14.2 Å². The molecule has 2 aliphatic rings. The summed E-state index contributed by atoms with van der Waals surface area (Å²) in [5, 5.41) is 19.2. The molecule has 12 nitrogen and oxygen atoms in total. The lowest BCUT2D eigenvalue weighted by atomic mass is 10.1. The molecule has 2 aliphatic heterocycles. The van der Waals surface area contributed by atoms with Crippen molar-refractivity contribution in [2.45, 2.75) is 38.8 Å². The fraction of sp³-hybridized carbons (Fsp3) is 0.360. The monoisotopic (exact) mass is 537 g/mol. The summed E-state index contributed by atoms with van der Waals surface area (Å²) in [5.74, 6) is 0.895. The third-order valence-electron chi connectivity index (χ3n) is 6.79. The summed E-state index contributed by atoms with van der Waals surface area (Å²) in [6.07, 6.45) is 0. The summed E-state index contributed by atoms with van der Waals surface area (Å²) in [6.45, 7) is 7.57. The minimum Gasteiger partial charge on any atom is -0.493 e. The Kier molecular flexibility index (Phi) is 5.93. The van der Waals surface area contributed by atoms with Crippen LogP contribution < -0.4 is 4.90 Å². The molecule has 3 aromatic heterocycles. The van der Waals surface area contributed by atoms with Crippen molar-refractivity contribution in [2.75, 3.05) is 31.2 Å². The van der Waals surface area contributed by atoms with Crippen LogP contribution in [-0.4, -0.2) is 69.0 Å². The lowest BCUT2D eigenvalue weighted by Crippen LogP contribution is -2.38. The number of ether oxygens (including phenoxy) is 1. The van der Waals surface area contributed by atoms with Crippen molar-refractivity contribution in [3.63, 3.8) is 0 Å². The number of morpholine rings is 1. The maximum Gasteiger partial charge on any atom is 0.256 e.